The van der Waals surface area contributed by atoms with Crippen LogP contribution in [0.2, 0.25) is 0 Å². The number of para-hydroxylation sites is 1. The van der Waals surface area contributed by atoms with Gasteiger partial charge in [-0.1, -0.05) is 46.3 Å². The smallest absolute Gasteiger partial charge is 0.123 e. The van der Waals surface area contributed by atoms with E-state index in [0.29, 0.717) is 6.61 Å². The summed E-state index contributed by atoms with van der Waals surface area (Å²) in [6, 6.07) is 16.2. The number of hydrogen-bond donors (Lipinski definition) is 0. The van der Waals surface area contributed by atoms with E-state index in [0.717, 1.165) is 22.2 Å². The van der Waals surface area contributed by atoms with Crippen molar-refractivity contribution in [3.63, 3.8) is 0 Å². The highest BCUT2D eigenvalue weighted by molar-refractivity contribution is 9.10. The molecule has 0 aromatic heterocycles. The third-order valence-corrected chi connectivity index (χ3v) is 3.80. The number of hydrogen-bond acceptors (Lipinski definition) is 1. The minimum atomic E-state index is -0.0797. The zero-order valence-corrected chi connectivity index (χ0v) is 13.1. The number of halogens is 2. The Hall–Kier alpha value is -0.990. The average Bonchev–Trinajstić information content (AvgIpc) is 2.42. The van der Waals surface area contributed by atoms with Crippen molar-refractivity contribution in [2.45, 2.75) is 18.7 Å². The van der Waals surface area contributed by atoms with Crippen LogP contribution in [0.3, 0.4) is 0 Å². The summed E-state index contributed by atoms with van der Waals surface area (Å²) in [7, 11) is 0. The third-order valence-electron chi connectivity index (χ3n) is 2.88. The first kappa shape index (κ1) is 14.4. The highest BCUT2D eigenvalue weighted by atomic mass is 79.9. The van der Waals surface area contributed by atoms with Gasteiger partial charge in [0.15, 0.2) is 0 Å². The molecule has 0 saturated heterocycles. The summed E-state index contributed by atoms with van der Waals surface area (Å²) in [4.78, 5) is 0. The highest BCUT2D eigenvalue weighted by Gasteiger charge is 2.13. The van der Waals surface area contributed by atoms with E-state index < -0.39 is 0 Å². The summed E-state index contributed by atoms with van der Waals surface area (Å²) in [5.41, 5.74) is 2.27. The fraction of sp³-hybridized carbons (Fsp3) is 0.250. The summed E-state index contributed by atoms with van der Waals surface area (Å²) in [6.45, 7) is 2.63. The fourth-order valence-corrected chi connectivity index (χ4v) is 2.59. The second kappa shape index (κ2) is 6.97. The average molecular weight is 340 g/mol. The van der Waals surface area contributed by atoms with Crippen molar-refractivity contribution < 1.29 is 4.74 Å². The van der Waals surface area contributed by atoms with Gasteiger partial charge in [0, 0.05) is 10.0 Å². The molecule has 2 aromatic carbocycles. The number of alkyl halides is 1. The van der Waals surface area contributed by atoms with Crippen molar-refractivity contribution in [1.29, 1.82) is 0 Å². The van der Waals surface area contributed by atoms with E-state index in [-0.39, 0.29) is 5.38 Å². The van der Waals surface area contributed by atoms with E-state index >= 15 is 0 Å². The van der Waals surface area contributed by atoms with Crippen molar-refractivity contribution in [2.24, 2.45) is 0 Å². The maximum atomic E-state index is 6.53. The molecule has 0 spiro atoms. The summed E-state index contributed by atoms with van der Waals surface area (Å²) < 4.78 is 6.70. The summed E-state index contributed by atoms with van der Waals surface area (Å²) in [6.07, 6.45) is 0.791. The van der Waals surface area contributed by atoms with Crippen molar-refractivity contribution in [3.05, 3.63) is 64.1 Å². The third kappa shape index (κ3) is 3.99. The molecule has 2 rings (SSSR count). The Morgan fingerprint density at radius 2 is 1.79 bits per heavy atom. The van der Waals surface area contributed by atoms with Gasteiger partial charge in [0.2, 0.25) is 0 Å². The van der Waals surface area contributed by atoms with E-state index in [9.17, 15) is 0 Å². The van der Waals surface area contributed by atoms with Crippen LogP contribution >= 0.6 is 27.5 Å². The second-order valence-corrected chi connectivity index (χ2v) is 5.71. The molecule has 0 aliphatic carbocycles. The molecular weight excluding hydrogens is 324 g/mol. The molecule has 0 aliphatic rings. The maximum Gasteiger partial charge on any atom is 0.123 e. The second-order valence-electron chi connectivity index (χ2n) is 4.27. The van der Waals surface area contributed by atoms with Crippen molar-refractivity contribution in [1.82, 2.24) is 0 Å². The molecule has 0 N–H and O–H groups in total. The Labute approximate surface area is 127 Å². The lowest BCUT2D eigenvalue weighted by Gasteiger charge is -2.15. The Kier molecular flexibility index (Phi) is 5.29. The van der Waals surface area contributed by atoms with Crippen LogP contribution in [0.1, 0.15) is 23.4 Å². The molecule has 0 amide bonds. The predicted octanol–water partition coefficient (Wildman–Crippen LogP) is 5.37. The zero-order chi connectivity index (χ0) is 13.7. The quantitative estimate of drug-likeness (QED) is 0.665. The van der Waals surface area contributed by atoms with Crippen molar-refractivity contribution in [3.8, 4) is 5.75 Å². The minimum Gasteiger partial charge on any atom is -0.494 e. The van der Waals surface area contributed by atoms with Gasteiger partial charge in [-0.05, 0) is 37.1 Å². The van der Waals surface area contributed by atoms with Crippen LogP contribution in [0.25, 0.3) is 0 Å². The Morgan fingerprint density at radius 1 is 1.11 bits per heavy atom. The van der Waals surface area contributed by atoms with Crippen LogP contribution in [0.15, 0.2) is 53.0 Å². The number of benzene rings is 2. The largest absolute Gasteiger partial charge is 0.494 e. The van der Waals surface area contributed by atoms with E-state index in [1.165, 1.54) is 5.56 Å². The molecule has 19 heavy (non-hydrogen) atoms. The summed E-state index contributed by atoms with van der Waals surface area (Å²) in [5.74, 6) is 0.877. The van der Waals surface area contributed by atoms with E-state index in [1.54, 1.807) is 0 Å². The zero-order valence-electron chi connectivity index (χ0n) is 10.8. The summed E-state index contributed by atoms with van der Waals surface area (Å²) >= 11 is 9.97. The molecule has 1 atom stereocenters. The first-order chi connectivity index (χ1) is 9.20. The van der Waals surface area contributed by atoms with Crippen LogP contribution in [-0.4, -0.2) is 6.61 Å². The van der Waals surface area contributed by atoms with Crippen LogP contribution < -0.4 is 4.74 Å². The highest BCUT2D eigenvalue weighted by Crippen LogP contribution is 2.32. The first-order valence-corrected chi connectivity index (χ1v) is 7.54. The molecule has 3 heteroatoms. The monoisotopic (exact) mass is 338 g/mol. The lowest BCUT2D eigenvalue weighted by molar-refractivity contribution is 0.336. The minimum absolute atomic E-state index is 0.0797. The van der Waals surface area contributed by atoms with Gasteiger partial charge in [0.05, 0.1) is 12.0 Å². The molecule has 1 nitrogen and oxygen atoms in total. The van der Waals surface area contributed by atoms with Crippen LogP contribution in [-0.2, 0) is 6.42 Å². The molecule has 0 heterocycles. The van der Waals surface area contributed by atoms with Gasteiger partial charge in [0.1, 0.15) is 5.75 Å². The van der Waals surface area contributed by atoms with Gasteiger partial charge in [-0.3, -0.25) is 0 Å². The van der Waals surface area contributed by atoms with Gasteiger partial charge < -0.3 is 4.74 Å². The van der Waals surface area contributed by atoms with Gasteiger partial charge in [-0.15, -0.1) is 11.6 Å². The molecule has 1 unspecified atom stereocenters. The molecule has 0 bridgehead atoms. The van der Waals surface area contributed by atoms with E-state index in [4.69, 9.17) is 16.3 Å². The number of ether oxygens (including phenoxy) is 1. The van der Waals surface area contributed by atoms with Gasteiger partial charge in [-0.25, -0.2) is 0 Å². The molecule has 0 fully saturated rings. The Morgan fingerprint density at radius 3 is 2.47 bits per heavy atom. The standard InChI is InChI=1S/C16H16BrClO/c1-2-19-16-6-4-3-5-14(16)15(18)11-12-7-9-13(17)10-8-12/h3-10,15H,2,11H2,1H3. The maximum absolute atomic E-state index is 6.53. The lowest BCUT2D eigenvalue weighted by atomic mass is 10.0. The number of rotatable bonds is 5. The lowest BCUT2D eigenvalue weighted by Crippen LogP contribution is -2.01. The summed E-state index contributed by atoms with van der Waals surface area (Å²) in [5, 5.41) is -0.0797. The van der Waals surface area contributed by atoms with E-state index in [1.807, 2.05) is 43.3 Å². The molecule has 0 saturated carbocycles. The Balaban J connectivity index is 2.15. The predicted molar refractivity (Wildman–Crippen MR) is 84.1 cm³/mol. The topological polar surface area (TPSA) is 9.23 Å². The first-order valence-electron chi connectivity index (χ1n) is 6.31. The van der Waals surface area contributed by atoms with Crippen LogP contribution in [0, 0.1) is 0 Å². The van der Waals surface area contributed by atoms with Gasteiger partial charge in [-0.2, -0.15) is 0 Å². The molecule has 100 valence electrons. The normalized spacial score (nSPS) is 12.2. The van der Waals surface area contributed by atoms with E-state index in [2.05, 4.69) is 28.1 Å². The van der Waals surface area contributed by atoms with Crippen molar-refractivity contribution >= 4 is 27.5 Å². The van der Waals surface area contributed by atoms with Crippen LogP contribution in [0.4, 0.5) is 0 Å². The molecule has 0 radical (unpaired) electrons. The van der Waals surface area contributed by atoms with Crippen LogP contribution in [0.5, 0.6) is 5.75 Å². The Bertz CT molecular complexity index is 525. The fourth-order valence-electron chi connectivity index (χ4n) is 1.96. The SMILES string of the molecule is CCOc1ccccc1C(Cl)Cc1ccc(Br)cc1. The molecular formula is C16H16BrClO. The van der Waals surface area contributed by atoms with Gasteiger partial charge in [0.25, 0.3) is 0 Å². The van der Waals surface area contributed by atoms with Gasteiger partial charge >= 0.3 is 0 Å². The molecule has 2 aromatic rings. The molecule has 0 aliphatic heterocycles. The van der Waals surface area contributed by atoms with Crippen molar-refractivity contribution in [2.75, 3.05) is 6.61 Å².